The van der Waals surface area contributed by atoms with E-state index in [1.54, 1.807) is 0 Å². The van der Waals surface area contributed by atoms with Gasteiger partial charge in [0.2, 0.25) is 0 Å². The fourth-order valence-corrected chi connectivity index (χ4v) is 4.17. The number of benzene rings is 1. The van der Waals surface area contributed by atoms with Crippen LogP contribution in [0.15, 0.2) is 55.0 Å². The molecular weight excluding hydrogens is 314 g/mol. The lowest BCUT2D eigenvalue weighted by Crippen LogP contribution is -2.48. The predicted molar refractivity (Wildman–Crippen MR) is 101 cm³/mol. The molecule has 0 bridgehead atoms. The van der Waals surface area contributed by atoms with E-state index in [4.69, 9.17) is 0 Å². The van der Waals surface area contributed by atoms with E-state index in [1.165, 1.54) is 21.0 Å². The molecule has 0 spiro atoms. The van der Waals surface area contributed by atoms with Gasteiger partial charge in [0.1, 0.15) is 0 Å². The van der Waals surface area contributed by atoms with Gasteiger partial charge in [0, 0.05) is 50.2 Å². The van der Waals surface area contributed by atoms with E-state index in [2.05, 4.69) is 77.1 Å². The Labute approximate surface area is 147 Å². The Morgan fingerprint density at radius 3 is 2.50 bits per heavy atom. The van der Waals surface area contributed by atoms with Crippen molar-refractivity contribution in [1.82, 2.24) is 14.5 Å². The molecule has 3 nitrogen and oxygen atoms in total. The summed E-state index contributed by atoms with van der Waals surface area (Å²) in [4.78, 5) is 8.46. The van der Waals surface area contributed by atoms with E-state index in [0.29, 0.717) is 12.0 Å². The number of hydrogen-bond acceptors (Lipinski definition) is 3. The summed E-state index contributed by atoms with van der Waals surface area (Å²) in [5.74, 6) is 0.624. The summed E-state index contributed by atoms with van der Waals surface area (Å²) in [6.07, 6.45) is 6.24. The van der Waals surface area contributed by atoms with Gasteiger partial charge in [-0.2, -0.15) is 0 Å². The van der Waals surface area contributed by atoms with Crippen LogP contribution in [0.4, 0.5) is 0 Å². The normalized spacial score (nSPS) is 15.8. The Kier molecular flexibility index (Phi) is 4.25. The number of rotatable bonds is 5. The van der Waals surface area contributed by atoms with E-state index in [9.17, 15) is 0 Å². The van der Waals surface area contributed by atoms with Crippen LogP contribution < -0.4 is 0 Å². The lowest BCUT2D eigenvalue weighted by Gasteiger charge is -2.41. The van der Waals surface area contributed by atoms with Crippen molar-refractivity contribution in [3.8, 4) is 10.4 Å². The van der Waals surface area contributed by atoms with Crippen molar-refractivity contribution in [2.24, 2.45) is 0 Å². The third-order valence-corrected chi connectivity index (χ3v) is 5.99. The standard InChI is InChI=1S/C20H23N3S/c1-15(2)23-13-18(14-23)20-21-11-19(24-20)17-7-5-16(6-8-17)12-22-9-3-4-10-22/h3-11,15,18H,12-14H2,1-2H3. The molecule has 1 saturated heterocycles. The molecule has 1 fully saturated rings. The predicted octanol–water partition coefficient (Wildman–Crippen LogP) is 4.47. The Morgan fingerprint density at radius 1 is 1.12 bits per heavy atom. The van der Waals surface area contributed by atoms with Crippen LogP contribution in [0.2, 0.25) is 0 Å². The minimum absolute atomic E-state index is 0.624. The third-order valence-electron chi connectivity index (χ3n) is 4.78. The third kappa shape index (κ3) is 3.17. The van der Waals surface area contributed by atoms with Gasteiger partial charge in [-0.25, -0.2) is 4.98 Å². The van der Waals surface area contributed by atoms with Gasteiger partial charge in [-0.1, -0.05) is 24.3 Å². The molecule has 4 rings (SSSR count). The van der Waals surface area contributed by atoms with E-state index in [-0.39, 0.29) is 0 Å². The molecule has 1 aliphatic rings. The molecule has 0 aliphatic carbocycles. The SMILES string of the molecule is CC(C)N1CC(c2ncc(-c3ccc(Cn4cccc4)cc3)s2)C1. The maximum Gasteiger partial charge on any atom is 0.0987 e. The minimum Gasteiger partial charge on any atom is -0.350 e. The second-order valence-electron chi connectivity index (χ2n) is 6.86. The number of hydrogen-bond donors (Lipinski definition) is 0. The molecular formula is C20H23N3S. The summed E-state index contributed by atoms with van der Waals surface area (Å²) >= 11 is 1.85. The van der Waals surface area contributed by atoms with Crippen molar-refractivity contribution in [2.45, 2.75) is 32.4 Å². The van der Waals surface area contributed by atoms with Crippen LogP contribution in [0.3, 0.4) is 0 Å². The molecule has 3 heterocycles. The highest BCUT2D eigenvalue weighted by atomic mass is 32.1. The quantitative estimate of drug-likeness (QED) is 0.685. The molecule has 4 heteroatoms. The molecule has 0 radical (unpaired) electrons. The maximum absolute atomic E-state index is 4.68. The van der Waals surface area contributed by atoms with Crippen LogP contribution in [0.5, 0.6) is 0 Å². The Bertz CT molecular complexity index is 781. The van der Waals surface area contributed by atoms with Gasteiger partial charge in [0.15, 0.2) is 0 Å². The summed E-state index contributed by atoms with van der Waals surface area (Å²) in [5.41, 5.74) is 2.60. The van der Waals surface area contributed by atoms with Crippen LogP contribution >= 0.6 is 11.3 Å². The van der Waals surface area contributed by atoms with Crippen LogP contribution in [-0.2, 0) is 6.54 Å². The molecule has 0 atom stereocenters. The Balaban J connectivity index is 1.43. The van der Waals surface area contributed by atoms with Crippen molar-refractivity contribution >= 4 is 11.3 Å². The second-order valence-corrected chi connectivity index (χ2v) is 7.92. The Morgan fingerprint density at radius 2 is 1.83 bits per heavy atom. The van der Waals surface area contributed by atoms with Crippen LogP contribution in [0.1, 0.15) is 30.3 Å². The second kappa shape index (κ2) is 6.54. The van der Waals surface area contributed by atoms with Crippen molar-refractivity contribution in [2.75, 3.05) is 13.1 Å². The zero-order chi connectivity index (χ0) is 16.5. The minimum atomic E-state index is 0.624. The highest BCUT2D eigenvalue weighted by molar-refractivity contribution is 7.15. The lowest BCUT2D eigenvalue weighted by molar-refractivity contribution is 0.110. The zero-order valence-electron chi connectivity index (χ0n) is 14.2. The van der Waals surface area contributed by atoms with Gasteiger partial charge in [-0.15, -0.1) is 11.3 Å². The molecule has 0 saturated carbocycles. The molecule has 1 aromatic carbocycles. The van der Waals surface area contributed by atoms with Gasteiger partial charge in [0.25, 0.3) is 0 Å². The first-order chi connectivity index (χ1) is 11.7. The molecule has 124 valence electrons. The van der Waals surface area contributed by atoms with Crippen LogP contribution in [0.25, 0.3) is 10.4 Å². The zero-order valence-corrected chi connectivity index (χ0v) is 15.0. The Hall–Kier alpha value is -1.91. The van der Waals surface area contributed by atoms with E-state index >= 15 is 0 Å². The largest absolute Gasteiger partial charge is 0.350 e. The number of nitrogens with zero attached hydrogens (tertiary/aromatic N) is 3. The van der Waals surface area contributed by atoms with E-state index in [1.807, 2.05) is 17.5 Å². The molecule has 0 amide bonds. The van der Waals surface area contributed by atoms with Crippen molar-refractivity contribution in [3.63, 3.8) is 0 Å². The number of aromatic nitrogens is 2. The van der Waals surface area contributed by atoms with Crippen molar-refractivity contribution in [1.29, 1.82) is 0 Å². The van der Waals surface area contributed by atoms with Gasteiger partial charge in [-0.05, 0) is 37.1 Å². The highest BCUT2D eigenvalue weighted by Crippen LogP contribution is 2.35. The summed E-state index contributed by atoms with van der Waals surface area (Å²) in [6.45, 7) is 7.76. The van der Waals surface area contributed by atoms with Crippen molar-refractivity contribution < 1.29 is 0 Å². The summed E-state index contributed by atoms with van der Waals surface area (Å²) in [6, 6.07) is 13.7. The number of thiazole rings is 1. The first kappa shape index (κ1) is 15.6. The highest BCUT2D eigenvalue weighted by Gasteiger charge is 2.31. The van der Waals surface area contributed by atoms with Gasteiger partial charge < -0.3 is 4.57 Å². The fraction of sp³-hybridized carbons (Fsp3) is 0.350. The summed E-state index contributed by atoms with van der Waals surface area (Å²) in [7, 11) is 0. The summed E-state index contributed by atoms with van der Waals surface area (Å²) in [5, 5.41) is 1.29. The van der Waals surface area contributed by atoms with E-state index in [0.717, 1.165) is 19.6 Å². The lowest BCUT2D eigenvalue weighted by atomic mass is 9.99. The molecule has 0 N–H and O–H groups in total. The fourth-order valence-electron chi connectivity index (χ4n) is 3.16. The van der Waals surface area contributed by atoms with E-state index < -0.39 is 0 Å². The molecule has 0 unspecified atom stereocenters. The maximum atomic E-state index is 4.68. The van der Waals surface area contributed by atoms with Crippen molar-refractivity contribution in [3.05, 3.63) is 65.6 Å². The van der Waals surface area contributed by atoms with Crippen LogP contribution in [-0.4, -0.2) is 33.6 Å². The number of likely N-dealkylation sites (tertiary alicyclic amines) is 1. The summed E-state index contributed by atoms with van der Waals surface area (Å²) < 4.78 is 2.19. The smallest absolute Gasteiger partial charge is 0.0987 e. The molecule has 24 heavy (non-hydrogen) atoms. The first-order valence-electron chi connectivity index (χ1n) is 8.59. The topological polar surface area (TPSA) is 21.1 Å². The molecule has 2 aromatic heterocycles. The van der Waals surface area contributed by atoms with Crippen LogP contribution in [0, 0.1) is 0 Å². The molecule has 3 aromatic rings. The van der Waals surface area contributed by atoms with Gasteiger partial charge in [0.05, 0.1) is 9.88 Å². The average molecular weight is 337 g/mol. The first-order valence-corrected chi connectivity index (χ1v) is 9.40. The molecule has 1 aliphatic heterocycles. The van der Waals surface area contributed by atoms with Gasteiger partial charge in [-0.3, -0.25) is 4.90 Å². The van der Waals surface area contributed by atoms with Gasteiger partial charge >= 0.3 is 0 Å². The average Bonchev–Trinajstić information content (AvgIpc) is 3.18. The monoisotopic (exact) mass is 337 g/mol.